The summed E-state index contributed by atoms with van der Waals surface area (Å²) in [5.41, 5.74) is 2.83. The van der Waals surface area contributed by atoms with Gasteiger partial charge in [0.1, 0.15) is 0 Å². The molecule has 2 aliphatic carbocycles. The Labute approximate surface area is 114 Å². The van der Waals surface area contributed by atoms with Gasteiger partial charge < -0.3 is 4.74 Å². The van der Waals surface area contributed by atoms with Crippen LogP contribution in [0.5, 0.6) is 0 Å². The number of fused-ring (bicyclic) bond motifs is 3. The number of rotatable bonds is 1. The van der Waals surface area contributed by atoms with Gasteiger partial charge in [-0.15, -0.1) is 0 Å². The fraction of sp³-hybridized carbons (Fsp3) is 0.588. The molecule has 0 spiro atoms. The number of esters is 1. The predicted octanol–water partition coefficient (Wildman–Crippen LogP) is 3.62. The highest BCUT2D eigenvalue weighted by atomic mass is 16.5. The van der Waals surface area contributed by atoms with Crippen LogP contribution in [-0.2, 0) is 9.53 Å². The molecule has 1 saturated heterocycles. The maximum atomic E-state index is 12.2. The van der Waals surface area contributed by atoms with E-state index in [0.29, 0.717) is 24.4 Å². The van der Waals surface area contributed by atoms with Crippen molar-refractivity contribution in [2.24, 2.45) is 11.8 Å². The van der Waals surface area contributed by atoms with Gasteiger partial charge in [-0.1, -0.05) is 43.5 Å². The van der Waals surface area contributed by atoms with Crippen molar-refractivity contribution in [3.05, 3.63) is 35.4 Å². The minimum absolute atomic E-state index is 0.0526. The Morgan fingerprint density at radius 2 is 1.68 bits per heavy atom. The monoisotopic (exact) mass is 256 g/mol. The highest BCUT2D eigenvalue weighted by Gasteiger charge is 2.52. The van der Waals surface area contributed by atoms with Crippen molar-refractivity contribution in [3.63, 3.8) is 0 Å². The molecule has 1 aliphatic heterocycles. The molecule has 0 unspecified atom stereocenters. The lowest BCUT2D eigenvalue weighted by Crippen LogP contribution is -2.24. The van der Waals surface area contributed by atoms with Crippen LogP contribution in [-0.4, -0.2) is 12.6 Å². The second-order valence-corrected chi connectivity index (χ2v) is 6.32. The van der Waals surface area contributed by atoms with E-state index in [2.05, 4.69) is 24.3 Å². The molecule has 100 valence electrons. The molecule has 19 heavy (non-hydrogen) atoms. The van der Waals surface area contributed by atoms with Crippen molar-refractivity contribution < 1.29 is 9.53 Å². The second kappa shape index (κ2) is 4.36. The first kappa shape index (κ1) is 11.5. The first-order chi connectivity index (χ1) is 9.36. The predicted molar refractivity (Wildman–Crippen MR) is 72.9 cm³/mol. The number of carbonyl (C=O) groups is 1. The zero-order chi connectivity index (χ0) is 12.8. The van der Waals surface area contributed by atoms with E-state index < -0.39 is 0 Å². The van der Waals surface area contributed by atoms with Gasteiger partial charge in [0.15, 0.2) is 0 Å². The molecule has 0 N–H and O–H groups in total. The highest BCUT2D eigenvalue weighted by molar-refractivity contribution is 5.79. The Hall–Kier alpha value is -1.31. The van der Waals surface area contributed by atoms with E-state index in [4.69, 9.17) is 4.74 Å². The average molecular weight is 256 g/mol. The third kappa shape index (κ3) is 1.65. The number of benzene rings is 1. The van der Waals surface area contributed by atoms with Crippen molar-refractivity contribution in [1.82, 2.24) is 0 Å². The van der Waals surface area contributed by atoms with Crippen LogP contribution >= 0.6 is 0 Å². The Bertz CT molecular complexity index is 502. The smallest absolute Gasteiger partial charge is 0.310 e. The standard InChI is InChI=1S/C17H20O2/c18-17-16-14(10-19-17)12-8-4-5-9-13(12)15(16)11-6-2-1-3-7-11/h4-5,8-9,11,14-16H,1-3,6-7,10H2/t14-,15-,16-/m1/s1. The maximum Gasteiger partial charge on any atom is 0.310 e. The van der Waals surface area contributed by atoms with Crippen molar-refractivity contribution in [3.8, 4) is 0 Å². The third-order valence-electron chi connectivity index (χ3n) is 5.41. The zero-order valence-corrected chi connectivity index (χ0v) is 11.2. The molecule has 0 radical (unpaired) electrons. The van der Waals surface area contributed by atoms with Crippen LogP contribution in [0.3, 0.4) is 0 Å². The number of cyclic esters (lactones) is 1. The quantitative estimate of drug-likeness (QED) is 0.717. The van der Waals surface area contributed by atoms with Gasteiger partial charge >= 0.3 is 5.97 Å². The van der Waals surface area contributed by atoms with Crippen molar-refractivity contribution in [1.29, 1.82) is 0 Å². The largest absolute Gasteiger partial charge is 0.465 e. The van der Waals surface area contributed by atoms with Gasteiger partial charge in [0.2, 0.25) is 0 Å². The van der Waals surface area contributed by atoms with E-state index in [1.165, 1.54) is 43.2 Å². The maximum absolute atomic E-state index is 12.2. The van der Waals surface area contributed by atoms with E-state index in [0.717, 1.165) is 0 Å². The molecule has 0 amide bonds. The van der Waals surface area contributed by atoms with Crippen LogP contribution in [0.15, 0.2) is 24.3 Å². The molecule has 0 bridgehead atoms. The minimum Gasteiger partial charge on any atom is -0.465 e. The lowest BCUT2D eigenvalue weighted by atomic mass is 9.73. The van der Waals surface area contributed by atoms with E-state index in [1.54, 1.807) is 0 Å². The van der Waals surface area contributed by atoms with E-state index in [1.807, 2.05) is 0 Å². The fourth-order valence-corrected chi connectivity index (χ4v) is 4.60. The second-order valence-electron chi connectivity index (χ2n) is 6.32. The summed E-state index contributed by atoms with van der Waals surface area (Å²) in [5.74, 6) is 1.61. The van der Waals surface area contributed by atoms with Crippen LogP contribution in [0.2, 0.25) is 0 Å². The van der Waals surface area contributed by atoms with Crippen LogP contribution in [0.4, 0.5) is 0 Å². The van der Waals surface area contributed by atoms with Crippen LogP contribution in [0.1, 0.15) is 55.1 Å². The first-order valence-electron chi connectivity index (χ1n) is 7.62. The summed E-state index contributed by atoms with van der Waals surface area (Å²) in [4.78, 5) is 12.2. The fourth-order valence-electron chi connectivity index (χ4n) is 4.60. The van der Waals surface area contributed by atoms with Crippen molar-refractivity contribution in [2.45, 2.75) is 43.9 Å². The SMILES string of the molecule is O=C1OC[C@@H]2c3ccccc3[C@@H](C3CCCCC3)[C@H]12. The number of hydrogen-bond donors (Lipinski definition) is 0. The number of ether oxygens (including phenoxy) is 1. The first-order valence-corrected chi connectivity index (χ1v) is 7.62. The number of carbonyl (C=O) groups excluding carboxylic acids is 1. The van der Waals surface area contributed by atoms with E-state index >= 15 is 0 Å². The Balaban J connectivity index is 1.76. The third-order valence-corrected chi connectivity index (χ3v) is 5.41. The minimum atomic E-state index is 0.0526. The molecule has 0 aromatic heterocycles. The van der Waals surface area contributed by atoms with E-state index in [9.17, 15) is 4.79 Å². The van der Waals surface area contributed by atoms with Gasteiger partial charge in [0.05, 0.1) is 12.5 Å². The summed E-state index contributed by atoms with van der Waals surface area (Å²) < 4.78 is 5.36. The van der Waals surface area contributed by atoms with Crippen molar-refractivity contribution >= 4 is 5.97 Å². The summed E-state index contributed by atoms with van der Waals surface area (Å²) in [6.45, 7) is 0.601. The molecule has 1 aromatic carbocycles. The zero-order valence-electron chi connectivity index (χ0n) is 11.2. The molecule has 3 atom stereocenters. The van der Waals surface area contributed by atoms with Crippen LogP contribution in [0, 0.1) is 11.8 Å². The van der Waals surface area contributed by atoms with Gasteiger partial charge in [0, 0.05) is 11.8 Å². The van der Waals surface area contributed by atoms with Gasteiger partial charge in [-0.05, 0) is 29.9 Å². The normalized spacial score (nSPS) is 33.9. The molecular formula is C17H20O2. The summed E-state index contributed by atoms with van der Waals surface area (Å²) in [5, 5.41) is 0. The average Bonchev–Trinajstić information content (AvgIpc) is 2.99. The lowest BCUT2D eigenvalue weighted by Gasteiger charge is -2.30. The van der Waals surface area contributed by atoms with Gasteiger partial charge in [-0.25, -0.2) is 0 Å². The molecule has 2 fully saturated rings. The number of hydrogen-bond acceptors (Lipinski definition) is 2. The van der Waals surface area contributed by atoms with Crippen LogP contribution < -0.4 is 0 Å². The Morgan fingerprint density at radius 3 is 2.47 bits per heavy atom. The Kier molecular flexibility index (Phi) is 2.64. The lowest BCUT2D eigenvalue weighted by molar-refractivity contribution is -0.142. The summed E-state index contributed by atoms with van der Waals surface area (Å²) >= 11 is 0. The summed E-state index contributed by atoms with van der Waals surface area (Å²) in [7, 11) is 0. The molecule has 2 nitrogen and oxygen atoms in total. The topological polar surface area (TPSA) is 26.3 Å². The highest BCUT2D eigenvalue weighted by Crippen LogP contribution is 2.55. The van der Waals surface area contributed by atoms with E-state index in [-0.39, 0.29) is 11.9 Å². The Morgan fingerprint density at radius 1 is 0.947 bits per heavy atom. The van der Waals surface area contributed by atoms with Gasteiger partial charge in [0.25, 0.3) is 0 Å². The molecule has 1 saturated carbocycles. The van der Waals surface area contributed by atoms with Gasteiger partial charge in [-0.2, -0.15) is 0 Å². The molecule has 2 heteroatoms. The molecule has 3 aliphatic rings. The summed E-state index contributed by atoms with van der Waals surface area (Å²) in [6, 6.07) is 8.68. The molecule has 1 aromatic rings. The summed E-state index contributed by atoms with van der Waals surface area (Å²) in [6.07, 6.45) is 6.60. The molecule has 1 heterocycles. The molecule has 4 rings (SSSR count). The molecular weight excluding hydrogens is 236 g/mol. The van der Waals surface area contributed by atoms with Crippen LogP contribution in [0.25, 0.3) is 0 Å². The van der Waals surface area contributed by atoms with Gasteiger partial charge in [-0.3, -0.25) is 4.79 Å². The van der Waals surface area contributed by atoms with Crippen molar-refractivity contribution in [2.75, 3.05) is 6.61 Å².